The second kappa shape index (κ2) is 5.70. The fourth-order valence-electron chi connectivity index (χ4n) is 2.67. The topological polar surface area (TPSA) is 55.3 Å². The van der Waals surface area contributed by atoms with Crippen molar-refractivity contribution in [1.82, 2.24) is 14.6 Å². The van der Waals surface area contributed by atoms with E-state index >= 15 is 0 Å². The highest BCUT2D eigenvalue weighted by atomic mass is 35.5. The third-order valence-corrected chi connectivity index (χ3v) is 4.20. The Labute approximate surface area is 138 Å². The summed E-state index contributed by atoms with van der Waals surface area (Å²) in [6.45, 7) is 0.637. The Hall–Kier alpha value is -2.34. The summed E-state index contributed by atoms with van der Waals surface area (Å²) in [6, 6.07) is 5.77. The lowest BCUT2D eigenvalue weighted by Gasteiger charge is -2.08. The number of rotatable bonds is 5. The van der Waals surface area contributed by atoms with Crippen LogP contribution in [-0.2, 0) is 6.54 Å². The molecule has 0 spiro atoms. The molecule has 0 aromatic carbocycles. The Morgan fingerprint density at radius 2 is 2.35 bits per heavy atom. The average molecular weight is 331 g/mol. The summed E-state index contributed by atoms with van der Waals surface area (Å²) in [5.41, 5.74) is 3.13. The zero-order chi connectivity index (χ0) is 15.8. The first kappa shape index (κ1) is 14.3. The third kappa shape index (κ3) is 2.82. The Balaban J connectivity index is 1.63. The molecule has 118 valence electrons. The molecular weight excluding hydrogens is 314 g/mol. The number of nitrogens with one attached hydrogen (secondary N) is 1. The van der Waals surface area contributed by atoms with Crippen LogP contribution in [0.3, 0.4) is 0 Å². The molecule has 6 nitrogen and oxygen atoms in total. The van der Waals surface area contributed by atoms with Crippen LogP contribution in [0.1, 0.15) is 29.9 Å². The van der Waals surface area contributed by atoms with E-state index < -0.39 is 0 Å². The van der Waals surface area contributed by atoms with Crippen molar-refractivity contribution in [2.24, 2.45) is 0 Å². The highest BCUT2D eigenvalue weighted by Gasteiger charge is 2.28. The molecular formula is C16H17ClN5O+. The molecule has 0 amide bonds. The molecule has 1 aliphatic rings. The van der Waals surface area contributed by atoms with E-state index in [1.54, 1.807) is 17.9 Å². The van der Waals surface area contributed by atoms with Crippen LogP contribution >= 0.6 is 11.6 Å². The van der Waals surface area contributed by atoms with E-state index in [1.807, 2.05) is 35.2 Å². The van der Waals surface area contributed by atoms with Crippen molar-refractivity contribution in [3.8, 4) is 0 Å². The summed E-state index contributed by atoms with van der Waals surface area (Å²) in [6.07, 6.45) is 8.09. The predicted molar refractivity (Wildman–Crippen MR) is 86.4 cm³/mol. The monoisotopic (exact) mass is 330 g/mol. The summed E-state index contributed by atoms with van der Waals surface area (Å²) < 4.78 is 3.48. The van der Waals surface area contributed by atoms with Gasteiger partial charge in [-0.15, -0.1) is 0 Å². The van der Waals surface area contributed by atoms with Crippen LogP contribution < -0.4 is 14.9 Å². The van der Waals surface area contributed by atoms with Crippen LogP contribution in [-0.4, -0.2) is 21.7 Å². The van der Waals surface area contributed by atoms with Gasteiger partial charge in [-0.25, -0.2) is 4.98 Å². The van der Waals surface area contributed by atoms with Crippen LogP contribution in [0.2, 0.25) is 5.15 Å². The lowest BCUT2D eigenvalue weighted by Crippen LogP contribution is -2.40. The highest BCUT2D eigenvalue weighted by Crippen LogP contribution is 2.42. The molecule has 0 radical (unpaired) electrons. The summed E-state index contributed by atoms with van der Waals surface area (Å²) in [5, 5.41) is 8.32. The second-order valence-electron chi connectivity index (χ2n) is 5.68. The van der Waals surface area contributed by atoms with E-state index in [0.29, 0.717) is 17.6 Å². The molecule has 1 N–H and O–H groups in total. The number of aromatic nitrogens is 4. The van der Waals surface area contributed by atoms with Gasteiger partial charge in [0.05, 0.1) is 6.20 Å². The van der Waals surface area contributed by atoms with Gasteiger partial charge in [-0.05, 0) is 24.8 Å². The molecule has 1 fully saturated rings. The molecule has 1 saturated carbocycles. The number of halogens is 1. The maximum atomic E-state index is 6.19. The van der Waals surface area contributed by atoms with E-state index in [2.05, 4.69) is 15.4 Å². The quantitative estimate of drug-likeness (QED) is 0.575. The summed E-state index contributed by atoms with van der Waals surface area (Å²) in [5.74, 6) is 1.42. The smallest absolute Gasteiger partial charge is 0.227 e. The lowest BCUT2D eigenvalue weighted by atomic mass is 10.2. The highest BCUT2D eigenvalue weighted by molar-refractivity contribution is 6.29. The number of fused-ring (bicyclic) bond motifs is 1. The van der Waals surface area contributed by atoms with Crippen LogP contribution in [0.25, 0.3) is 5.65 Å². The molecule has 3 aromatic heterocycles. The number of hydrogen-bond donors (Lipinski definition) is 1. The molecule has 0 atom stereocenters. The van der Waals surface area contributed by atoms with E-state index in [-0.39, 0.29) is 0 Å². The number of pyridine rings is 1. The molecule has 7 heteroatoms. The minimum absolute atomic E-state index is 0.474. The minimum atomic E-state index is 0.474. The van der Waals surface area contributed by atoms with Gasteiger partial charge in [-0.3, -0.25) is 4.84 Å². The molecule has 1 aliphatic carbocycles. The molecule has 3 heterocycles. The largest absolute Gasteiger partial charge is 0.366 e. The SMILES string of the molecule is CO[n+]1cccc(CNc2cc(Cl)nc3c(C4CC4)cnn23)c1. The molecule has 0 saturated heterocycles. The normalized spacial score (nSPS) is 14.2. The second-order valence-corrected chi connectivity index (χ2v) is 6.07. The number of nitrogens with zero attached hydrogens (tertiary/aromatic N) is 4. The molecule has 23 heavy (non-hydrogen) atoms. The van der Waals surface area contributed by atoms with Gasteiger partial charge in [0, 0.05) is 34.5 Å². The van der Waals surface area contributed by atoms with Crippen LogP contribution in [0, 0.1) is 0 Å². The van der Waals surface area contributed by atoms with Crippen LogP contribution in [0.4, 0.5) is 5.82 Å². The Morgan fingerprint density at radius 3 is 3.13 bits per heavy atom. The standard InChI is InChI=1S/C16H17ClN5O/c1-23-21-6-2-3-11(10-21)8-18-15-7-14(17)20-16-13(12-4-5-12)9-19-22(15)16/h2-3,6-7,9-10,12,18H,4-5,8H2,1H3/q+1. The van der Waals surface area contributed by atoms with E-state index in [4.69, 9.17) is 16.4 Å². The summed E-state index contributed by atoms with van der Waals surface area (Å²) in [7, 11) is 1.63. The van der Waals surface area contributed by atoms with E-state index in [1.165, 1.54) is 18.4 Å². The Bertz CT molecular complexity index is 859. The van der Waals surface area contributed by atoms with Crippen molar-refractivity contribution >= 4 is 23.1 Å². The van der Waals surface area contributed by atoms with Gasteiger partial charge < -0.3 is 5.32 Å². The van der Waals surface area contributed by atoms with Gasteiger partial charge in [0.25, 0.3) is 0 Å². The van der Waals surface area contributed by atoms with Gasteiger partial charge in [0.15, 0.2) is 5.65 Å². The zero-order valence-electron chi connectivity index (χ0n) is 12.7. The van der Waals surface area contributed by atoms with Crippen molar-refractivity contribution in [2.45, 2.75) is 25.3 Å². The Morgan fingerprint density at radius 1 is 1.48 bits per heavy atom. The lowest BCUT2D eigenvalue weighted by molar-refractivity contribution is -0.885. The minimum Gasteiger partial charge on any atom is -0.366 e. The maximum Gasteiger partial charge on any atom is 0.227 e. The average Bonchev–Trinajstić information content (AvgIpc) is 3.32. The van der Waals surface area contributed by atoms with Crippen LogP contribution in [0.5, 0.6) is 0 Å². The van der Waals surface area contributed by atoms with Crippen molar-refractivity contribution in [1.29, 1.82) is 0 Å². The molecule has 0 bridgehead atoms. The third-order valence-electron chi connectivity index (χ3n) is 4.01. The van der Waals surface area contributed by atoms with Gasteiger partial charge in [0.2, 0.25) is 12.4 Å². The van der Waals surface area contributed by atoms with Gasteiger partial charge in [0.1, 0.15) is 18.1 Å². The maximum absolute atomic E-state index is 6.19. The fraction of sp³-hybridized carbons (Fsp3) is 0.312. The summed E-state index contributed by atoms with van der Waals surface area (Å²) in [4.78, 5) is 9.61. The van der Waals surface area contributed by atoms with Gasteiger partial charge in [-0.1, -0.05) is 11.6 Å². The Kier molecular flexibility index (Phi) is 3.53. The number of anilines is 1. The van der Waals surface area contributed by atoms with Crippen molar-refractivity contribution in [3.63, 3.8) is 0 Å². The van der Waals surface area contributed by atoms with Gasteiger partial charge >= 0.3 is 0 Å². The van der Waals surface area contributed by atoms with Crippen LogP contribution in [0.15, 0.2) is 36.8 Å². The van der Waals surface area contributed by atoms with Crippen molar-refractivity contribution in [2.75, 3.05) is 12.4 Å². The van der Waals surface area contributed by atoms with E-state index in [9.17, 15) is 0 Å². The molecule has 0 unspecified atom stereocenters. The summed E-state index contributed by atoms with van der Waals surface area (Å²) >= 11 is 6.19. The number of hydrogen-bond acceptors (Lipinski definition) is 4. The van der Waals surface area contributed by atoms with Crippen molar-refractivity contribution in [3.05, 3.63) is 53.1 Å². The van der Waals surface area contributed by atoms with Gasteiger partial charge in [-0.2, -0.15) is 9.61 Å². The molecule has 3 aromatic rings. The first-order valence-electron chi connectivity index (χ1n) is 7.57. The molecule has 0 aliphatic heterocycles. The van der Waals surface area contributed by atoms with E-state index in [0.717, 1.165) is 17.0 Å². The first-order chi connectivity index (χ1) is 11.2. The zero-order valence-corrected chi connectivity index (χ0v) is 13.5. The first-order valence-corrected chi connectivity index (χ1v) is 7.95. The predicted octanol–water partition coefficient (Wildman–Crippen LogP) is 2.22. The van der Waals surface area contributed by atoms with Crippen molar-refractivity contribution < 1.29 is 9.57 Å². The molecule has 4 rings (SSSR count). The fourth-order valence-corrected chi connectivity index (χ4v) is 2.85.